The van der Waals surface area contributed by atoms with Crippen LogP contribution in [0.4, 0.5) is 9.59 Å². The number of nitrogens with zero attached hydrogens (tertiary/aromatic N) is 2. The molecule has 0 radical (unpaired) electrons. The van der Waals surface area contributed by atoms with Gasteiger partial charge in [-0.25, -0.2) is 14.4 Å². The summed E-state index contributed by atoms with van der Waals surface area (Å²) in [5, 5.41) is 9.48. The molecule has 0 unspecified atom stereocenters. The maximum absolute atomic E-state index is 12.3. The van der Waals surface area contributed by atoms with Crippen LogP contribution in [0.1, 0.15) is 48.0 Å². The van der Waals surface area contributed by atoms with Crippen molar-refractivity contribution in [2.75, 3.05) is 19.6 Å². The summed E-state index contributed by atoms with van der Waals surface area (Å²) < 4.78 is 10.6. The van der Waals surface area contributed by atoms with E-state index in [2.05, 4.69) is 0 Å². The molecule has 8 heteroatoms. The number of aliphatic carboxylic acids is 1. The second-order valence-electron chi connectivity index (χ2n) is 7.81. The van der Waals surface area contributed by atoms with Crippen LogP contribution in [0.2, 0.25) is 0 Å². The van der Waals surface area contributed by atoms with Crippen molar-refractivity contribution in [3.8, 4) is 0 Å². The van der Waals surface area contributed by atoms with Crippen molar-refractivity contribution in [2.24, 2.45) is 0 Å². The Hall–Kier alpha value is -1.99. The van der Waals surface area contributed by atoms with E-state index in [4.69, 9.17) is 9.47 Å². The number of carboxylic acids is 1. The highest BCUT2D eigenvalue weighted by molar-refractivity contribution is 5.81. The van der Waals surface area contributed by atoms with E-state index in [1.165, 1.54) is 4.90 Å². The minimum absolute atomic E-state index is 0.135. The molecule has 24 heavy (non-hydrogen) atoms. The lowest BCUT2D eigenvalue weighted by atomic mass is 10.2. The van der Waals surface area contributed by atoms with Crippen LogP contribution in [-0.2, 0) is 14.3 Å². The summed E-state index contributed by atoms with van der Waals surface area (Å²) in [7, 11) is 0. The van der Waals surface area contributed by atoms with Crippen LogP contribution < -0.4 is 0 Å². The van der Waals surface area contributed by atoms with Crippen LogP contribution in [0, 0.1) is 0 Å². The Morgan fingerprint density at radius 3 is 1.88 bits per heavy atom. The van der Waals surface area contributed by atoms with Gasteiger partial charge in [0.15, 0.2) is 6.04 Å². The first-order chi connectivity index (χ1) is 10.8. The number of ether oxygens (including phenoxy) is 2. The fourth-order valence-corrected chi connectivity index (χ4v) is 2.23. The molecule has 0 aliphatic carbocycles. The second-order valence-corrected chi connectivity index (χ2v) is 7.81. The molecule has 1 fully saturated rings. The van der Waals surface area contributed by atoms with Gasteiger partial charge in [-0.15, -0.1) is 0 Å². The summed E-state index contributed by atoms with van der Waals surface area (Å²) >= 11 is 0. The van der Waals surface area contributed by atoms with Crippen LogP contribution in [-0.4, -0.2) is 69.9 Å². The first-order valence-corrected chi connectivity index (χ1v) is 8.00. The third-order valence-corrected chi connectivity index (χ3v) is 3.16. The van der Waals surface area contributed by atoms with E-state index in [-0.39, 0.29) is 13.1 Å². The third-order valence-electron chi connectivity index (χ3n) is 3.16. The Kier molecular flexibility index (Phi) is 6.08. The minimum Gasteiger partial charge on any atom is -0.480 e. The van der Waals surface area contributed by atoms with Crippen LogP contribution in [0.3, 0.4) is 0 Å². The standard InChI is InChI=1S/C16H28N2O6/c1-15(2,3)23-13(21)17-8-7-9-18(11(10-17)12(19)20)14(22)24-16(4,5)6/h11H,7-10H2,1-6H3,(H,19,20)/t11-/m0/s1. The van der Waals surface area contributed by atoms with Gasteiger partial charge >= 0.3 is 18.2 Å². The highest BCUT2D eigenvalue weighted by atomic mass is 16.6. The summed E-state index contributed by atoms with van der Waals surface area (Å²) in [5.41, 5.74) is -1.40. The number of amides is 2. The van der Waals surface area contributed by atoms with E-state index in [0.717, 1.165) is 4.90 Å². The SMILES string of the molecule is CC(C)(C)OC(=O)N1CCCN(C(=O)OC(C)(C)C)[C@H](C(=O)O)C1. The predicted octanol–water partition coefficient (Wildman–Crippen LogP) is 2.32. The fraction of sp³-hybridized carbons (Fsp3) is 0.812. The fourth-order valence-electron chi connectivity index (χ4n) is 2.23. The Balaban J connectivity index is 2.91. The molecule has 1 aliphatic rings. The minimum atomic E-state index is -1.18. The Bertz CT molecular complexity index is 492. The van der Waals surface area contributed by atoms with E-state index in [9.17, 15) is 19.5 Å². The number of carbonyl (C=O) groups is 3. The van der Waals surface area contributed by atoms with Crippen LogP contribution in [0.25, 0.3) is 0 Å². The number of carboxylic acid groups (broad SMARTS) is 1. The number of hydrogen-bond acceptors (Lipinski definition) is 5. The van der Waals surface area contributed by atoms with Gasteiger partial charge in [0.25, 0.3) is 0 Å². The van der Waals surface area contributed by atoms with Crippen molar-refractivity contribution in [3.63, 3.8) is 0 Å². The van der Waals surface area contributed by atoms with Gasteiger partial charge in [0.2, 0.25) is 0 Å². The topological polar surface area (TPSA) is 96.4 Å². The van der Waals surface area contributed by atoms with Crippen molar-refractivity contribution in [1.29, 1.82) is 0 Å². The number of carbonyl (C=O) groups excluding carboxylic acids is 2. The smallest absolute Gasteiger partial charge is 0.411 e. The second kappa shape index (κ2) is 7.27. The Morgan fingerprint density at radius 1 is 0.917 bits per heavy atom. The molecular formula is C16H28N2O6. The number of rotatable bonds is 1. The van der Waals surface area contributed by atoms with Crippen molar-refractivity contribution >= 4 is 18.2 Å². The molecule has 0 aromatic carbocycles. The van der Waals surface area contributed by atoms with E-state index < -0.39 is 35.4 Å². The summed E-state index contributed by atoms with van der Waals surface area (Å²) in [5.74, 6) is -1.18. The molecule has 1 atom stereocenters. The summed E-state index contributed by atoms with van der Waals surface area (Å²) in [6.45, 7) is 10.7. The van der Waals surface area contributed by atoms with Crippen molar-refractivity contribution < 1.29 is 29.0 Å². The van der Waals surface area contributed by atoms with Gasteiger partial charge in [-0.05, 0) is 48.0 Å². The van der Waals surface area contributed by atoms with Crippen LogP contribution in [0.5, 0.6) is 0 Å². The molecule has 0 aromatic heterocycles. The molecule has 1 rings (SSSR count). The molecule has 0 bridgehead atoms. The highest BCUT2D eigenvalue weighted by Crippen LogP contribution is 2.18. The molecule has 8 nitrogen and oxygen atoms in total. The lowest BCUT2D eigenvalue weighted by molar-refractivity contribution is -0.143. The zero-order chi connectivity index (χ0) is 18.7. The number of hydrogen-bond donors (Lipinski definition) is 1. The average Bonchev–Trinajstić information content (AvgIpc) is 2.56. The zero-order valence-electron chi connectivity index (χ0n) is 15.3. The predicted molar refractivity (Wildman–Crippen MR) is 86.8 cm³/mol. The van der Waals surface area contributed by atoms with Gasteiger partial charge in [-0.1, -0.05) is 0 Å². The summed E-state index contributed by atoms with van der Waals surface area (Å²) in [4.78, 5) is 38.6. The summed E-state index contributed by atoms with van der Waals surface area (Å²) in [6.07, 6.45) is -0.830. The Labute approximate surface area is 142 Å². The van der Waals surface area contributed by atoms with E-state index in [0.29, 0.717) is 13.0 Å². The van der Waals surface area contributed by atoms with E-state index in [1.54, 1.807) is 41.5 Å². The van der Waals surface area contributed by atoms with Gasteiger partial charge in [-0.3, -0.25) is 4.90 Å². The molecule has 1 N–H and O–H groups in total. The van der Waals surface area contributed by atoms with Crippen LogP contribution >= 0.6 is 0 Å². The monoisotopic (exact) mass is 344 g/mol. The third kappa shape index (κ3) is 6.25. The summed E-state index contributed by atoms with van der Waals surface area (Å²) in [6, 6.07) is -1.17. The van der Waals surface area contributed by atoms with Crippen molar-refractivity contribution in [3.05, 3.63) is 0 Å². The van der Waals surface area contributed by atoms with Gasteiger partial charge in [-0.2, -0.15) is 0 Å². The van der Waals surface area contributed by atoms with E-state index >= 15 is 0 Å². The maximum atomic E-state index is 12.3. The van der Waals surface area contributed by atoms with E-state index in [1.807, 2.05) is 0 Å². The lowest BCUT2D eigenvalue weighted by Gasteiger charge is -2.31. The molecular weight excluding hydrogens is 316 g/mol. The molecule has 1 heterocycles. The first kappa shape index (κ1) is 20.1. The Morgan fingerprint density at radius 2 is 1.42 bits per heavy atom. The quantitative estimate of drug-likeness (QED) is 0.784. The molecule has 1 saturated heterocycles. The van der Waals surface area contributed by atoms with Crippen LogP contribution in [0.15, 0.2) is 0 Å². The van der Waals surface area contributed by atoms with Crippen molar-refractivity contribution in [1.82, 2.24) is 9.80 Å². The molecule has 138 valence electrons. The molecule has 0 spiro atoms. The highest BCUT2D eigenvalue weighted by Gasteiger charge is 2.38. The average molecular weight is 344 g/mol. The van der Waals surface area contributed by atoms with Gasteiger partial charge < -0.3 is 19.5 Å². The molecule has 1 aliphatic heterocycles. The van der Waals surface area contributed by atoms with Crippen molar-refractivity contribution in [2.45, 2.75) is 65.2 Å². The van der Waals surface area contributed by atoms with Gasteiger partial charge in [0.05, 0.1) is 6.54 Å². The first-order valence-electron chi connectivity index (χ1n) is 8.00. The maximum Gasteiger partial charge on any atom is 0.411 e. The molecule has 0 aromatic rings. The lowest BCUT2D eigenvalue weighted by Crippen LogP contribution is -2.51. The normalized spacial score (nSPS) is 19.5. The largest absolute Gasteiger partial charge is 0.480 e. The molecule has 0 saturated carbocycles. The molecule has 2 amide bonds. The zero-order valence-corrected chi connectivity index (χ0v) is 15.3. The van der Waals surface area contributed by atoms with Gasteiger partial charge in [0.1, 0.15) is 11.2 Å². The van der Waals surface area contributed by atoms with Gasteiger partial charge in [0, 0.05) is 13.1 Å².